The molecular weight excluding hydrogens is 406 g/mol. The molecule has 9 heteroatoms. The van der Waals surface area contributed by atoms with Crippen LogP contribution in [0, 0.1) is 0 Å². The van der Waals surface area contributed by atoms with Crippen LogP contribution in [0.3, 0.4) is 0 Å². The van der Waals surface area contributed by atoms with Crippen LogP contribution >= 0.6 is 0 Å². The molecule has 1 aromatic rings. The van der Waals surface area contributed by atoms with Gasteiger partial charge >= 0.3 is 17.9 Å². The van der Waals surface area contributed by atoms with E-state index in [4.69, 9.17) is 23.7 Å². The normalized spacial score (nSPS) is 20.7. The molecular formula is C22H31NO8. The van der Waals surface area contributed by atoms with E-state index in [-0.39, 0.29) is 13.0 Å². The Kier molecular flexibility index (Phi) is 8.67. The second-order valence-corrected chi connectivity index (χ2v) is 7.52. The van der Waals surface area contributed by atoms with Crippen molar-refractivity contribution in [2.24, 2.45) is 0 Å². The monoisotopic (exact) mass is 437 g/mol. The van der Waals surface area contributed by atoms with Crippen LogP contribution in [0.1, 0.15) is 32.8 Å². The highest BCUT2D eigenvalue weighted by Gasteiger charge is 2.51. The summed E-state index contributed by atoms with van der Waals surface area (Å²) in [5, 5.41) is 0. The third-order valence-corrected chi connectivity index (χ3v) is 5.15. The van der Waals surface area contributed by atoms with Gasteiger partial charge in [-0.2, -0.15) is 0 Å². The number of nitrogens with zero attached hydrogens (tertiary/aromatic N) is 1. The van der Waals surface area contributed by atoms with Crippen LogP contribution in [0.25, 0.3) is 0 Å². The average molecular weight is 437 g/mol. The maximum Gasteiger partial charge on any atom is 0.303 e. The Morgan fingerprint density at radius 3 is 2.32 bits per heavy atom. The highest BCUT2D eigenvalue weighted by atomic mass is 16.6. The molecule has 1 fully saturated rings. The Bertz CT molecular complexity index is 796. The first-order chi connectivity index (χ1) is 14.7. The Balaban J connectivity index is 2.14. The molecule has 31 heavy (non-hydrogen) atoms. The van der Waals surface area contributed by atoms with Crippen molar-refractivity contribution in [2.75, 3.05) is 40.5 Å². The first-order valence-electron chi connectivity index (χ1n) is 10.1. The lowest BCUT2D eigenvalue weighted by atomic mass is 9.95. The quantitative estimate of drug-likeness (QED) is 0.400. The molecule has 0 saturated carbocycles. The fourth-order valence-corrected chi connectivity index (χ4v) is 3.83. The van der Waals surface area contributed by atoms with Crippen LogP contribution in [-0.4, -0.2) is 75.0 Å². The zero-order valence-electron chi connectivity index (χ0n) is 18.8. The third-order valence-electron chi connectivity index (χ3n) is 5.15. The number of methoxy groups -OCH3 is 2. The van der Waals surface area contributed by atoms with Gasteiger partial charge in [0.25, 0.3) is 0 Å². The highest BCUT2D eigenvalue weighted by molar-refractivity contribution is 5.68. The predicted molar refractivity (Wildman–Crippen MR) is 111 cm³/mol. The van der Waals surface area contributed by atoms with E-state index in [1.165, 1.54) is 20.8 Å². The van der Waals surface area contributed by atoms with E-state index < -0.39 is 29.6 Å². The summed E-state index contributed by atoms with van der Waals surface area (Å²) in [6, 6.07) is 5.72. The molecule has 1 aromatic carbocycles. The van der Waals surface area contributed by atoms with Gasteiger partial charge in [-0.05, 0) is 24.1 Å². The molecule has 172 valence electrons. The molecule has 0 aromatic heterocycles. The zero-order valence-corrected chi connectivity index (χ0v) is 18.8. The fraction of sp³-hybridized carbons (Fsp3) is 0.591. The van der Waals surface area contributed by atoms with Gasteiger partial charge in [-0.1, -0.05) is 6.07 Å². The lowest BCUT2D eigenvalue weighted by molar-refractivity contribution is -0.179. The van der Waals surface area contributed by atoms with Crippen molar-refractivity contribution in [3.05, 3.63) is 23.8 Å². The maximum absolute atomic E-state index is 11.8. The van der Waals surface area contributed by atoms with Crippen LogP contribution < -0.4 is 9.47 Å². The molecule has 1 aliphatic rings. The van der Waals surface area contributed by atoms with Gasteiger partial charge in [0.05, 0.1) is 20.8 Å². The summed E-state index contributed by atoms with van der Waals surface area (Å²) in [7, 11) is 3.17. The zero-order chi connectivity index (χ0) is 23.0. The van der Waals surface area contributed by atoms with Gasteiger partial charge in [-0.3, -0.25) is 19.3 Å². The molecule has 9 nitrogen and oxygen atoms in total. The number of esters is 3. The number of likely N-dealkylation sites (tertiary alicyclic amines) is 1. The van der Waals surface area contributed by atoms with Crippen LogP contribution in [0.2, 0.25) is 0 Å². The molecule has 0 bridgehead atoms. The number of benzene rings is 1. The molecule has 1 heterocycles. The van der Waals surface area contributed by atoms with Crippen molar-refractivity contribution >= 4 is 17.9 Å². The average Bonchev–Trinajstić information content (AvgIpc) is 3.01. The molecule has 0 aliphatic carbocycles. The van der Waals surface area contributed by atoms with Crippen LogP contribution in [0.4, 0.5) is 0 Å². The first kappa shape index (κ1) is 24.5. The summed E-state index contributed by atoms with van der Waals surface area (Å²) < 4.78 is 26.8. The second kappa shape index (κ2) is 11.0. The van der Waals surface area contributed by atoms with Crippen molar-refractivity contribution < 1.29 is 38.1 Å². The smallest absolute Gasteiger partial charge is 0.303 e. The van der Waals surface area contributed by atoms with Gasteiger partial charge in [0, 0.05) is 46.8 Å². The van der Waals surface area contributed by atoms with E-state index in [2.05, 4.69) is 4.90 Å². The first-order valence-corrected chi connectivity index (χ1v) is 10.1. The summed E-state index contributed by atoms with van der Waals surface area (Å²) in [4.78, 5) is 36.8. The summed E-state index contributed by atoms with van der Waals surface area (Å²) in [6.07, 6.45) is 0.277. The molecule has 0 N–H and O–H groups in total. The molecule has 1 aliphatic heterocycles. The Labute approximate surface area is 182 Å². The number of ether oxygens (including phenoxy) is 5. The molecule has 0 unspecified atom stereocenters. The highest BCUT2D eigenvalue weighted by Crippen LogP contribution is 2.33. The van der Waals surface area contributed by atoms with Gasteiger partial charge in [-0.15, -0.1) is 0 Å². The summed E-state index contributed by atoms with van der Waals surface area (Å²) >= 11 is 0. The van der Waals surface area contributed by atoms with Crippen LogP contribution in [-0.2, 0) is 35.0 Å². The van der Waals surface area contributed by atoms with Crippen molar-refractivity contribution in [1.29, 1.82) is 0 Å². The number of carbonyl (C=O) groups is 3. The molecule has 0 amide bonds. The minimum atomic E-state index is -1.08. The van der Waals surface area contributed by atoms with E-state index in [1.807, 2.05) is 18.2 Å². The number of hydrogen-bond acceptors (Lipinski definition) is 9. The fourth-order valence-electron chi connectivity index (χ4n) is 3.83. The van der Waals surface area contributed by atoms with Gasteiger partial charge in [0.2, 0.25) is 0 Å². The molecule has 2 rings (SSSR count). The largest absolute Gasteiger partial charge is 0.493 e. The van der Waals surface area contributed by atoms with E-state index >= 15 is 0 Å². The number of hydrogen-bond donors (Lipinski definition) is 0. The minimum Gasteiger partial charge on any atom is -0.493 e. The third kappa shape index (κ3) is 6.85. The van der Waals surface area contributed by atoms with E-state index in [9.17, 15) is 14.4 Å². The van der Waals surface area contributed by atoms with Crippen molar-refractivity contribution in [3.8, 4) is 11.5 Å². The van der Waals surface area contributed by atoms with Gasteiger partial charge in [0.1, 0.15) is 0 Å². The van der Waals surface area contributed by atoms with E-state index in [0.717, 1.165) is 5.56 Å². The van der Waals surface area contributed by atoms with Crippen LogP contribution in [0.15, 0.2) is 18.2 Å². The van der Waals surface area contributed by atoms with Crippen molar-refractivity contribution in [2.45, 2.75) is 45.3 Å². The molecule has 1 saturated heterocycles. The van der Waals surface area contributed by atoms with Crippen molar-refractivity contribution in [3.63, 3.8) is 0 Å². The number of rotatable bonds is 10. The van der Waals surface area contributed by atoms with E-state index in [0.29, 0.717) is 37.6 Å². The predicted octanol–water partition coefficient (Wildman–Crippen LogP) is 1.75. The Morgan fingerprint density at radius 1 is 1.03 bits per heavy atom. The van der Waals surface area contributed by atoms with Gasteiger partial charge in [0.15, 0.2) is 23.2 Å². The maximum atomic E-state index is 11.8. The SMILES string of the molecule is COc1ccc(CCN2C[C@@H](OC(C)=O)[C@](CCOC(C)=O)(OC(C)=O)C2)cc1OC. The standard InChI is InChI=1S/C22H31NO8/c1-15(24)29-11-9-22(31-17(3)26)14-23(13-21(22)30-16(2)25)10-8-18-6-7-19(27-4)20(12-18)28-5/h6-7,12,21H,8-11,13-14H2,1-5H3/t21-,22-/m1/s1. The Morgan fingerprint density at radius 2 is 1.74 bits per heavy atom. The Hall–Kier alpha value is -2.81. The number of carbonyl (C=O) groups excluding carboxylic acids is 3. The minimum absolute atomic E-state index is 0.0594. The van der Waals surface area contributed by atoms with Gasteiger partial charge < -0.3 is 23.7 Å². The van der Waals surface area contributed by atoms with E-state index in [1.54, 1.807) is 14.2 Å². The topological polar surface area (TPSA) is 101 Å². The molecule has 0 spiro atoms. The lowest BCUT2D eigenvalue weighted by Gasteiger charge is -2.33. The lowest BCUT2D eigenvalue weighted by Crippen LogP contribution is -2.48. The second-order valence-electron chi connectivity index (χ2n) is 7.52. The summed E-state index contributed by atoms with van der Waals surface area (Å²) in [5.41, 5.74) is -0.0311. The van der Waals surface area contributed by atoms with Gasteiger partial charge in [-0.25, -0.2) is 0 Å². The molecule has 2 atom stereocenters. The van der Waals surface area contributed by atoms with Crippen molar-refractivity contribution in [1.82, 2.24) is 4.90 Å². The van der Waals surface area contributed by atoms with Crippen LogP contribution in [0.5, 0.6) is 11.5 Å². The summed E-state index contributed by atoms with van der Waals surface area (Å²) in [6.45, 7) is 5.40. The molecule has 0 radical (unpaired) electrons. The summed E-state index contributed by atoms with van der Waals surface area (Å²) in [5.74, 6) is -0.0701.